The Morgan fingerprint density at radius 3 is 2.54 bits per heavy atom. The highest BCUT2D eigenvalue weighted by Gasteiger charge is 2.46. The number of alkyl halides is 3. The first-order chi connectivity index (χ1) is 17.7. The molecule has 1 aliphatic heterocycles. The van der Waals surface area contributed by atoms with Crippen molar-refractivity contribution in [1.29, 1.82) is 0 Å². The molecule has 0 aliphatic carbocycles. The highest BCUT2D eigenvalue weighted by atomic mass is 19.4. The lowest BCUT2D eigenvalue weighted by Crippen LogP contribution is -2.38. The molecule has 6 rings (SSSR count). The number of halogens is 3. The van der Waals surface area contributed by atoms with Crippen LogP contribution in [0.25, 0.3) is 33.8 Å². The van der Waals surface area contributed by atoms with Crippen molar-refractivity contribution in [2.45, 2.75) is 38.5 Å². The monoisotopic (exact) mass is 506 g/mol. The van der Waals surface area contributed by atoms with E-state index in [4.69, 9.17) is 10.7 Å². The fourth-order valence-corrected chi connectivity index (χ4v) is 5.14. The van der Waals surface area contributed by atoms with Crippen LogP contribution in [0.2, 0.25) is 0 Å². The van der Waals surface area contributed by atoms with Crippen molar-refractivity contribution >= 4 is 16.6 Å². The molecule has 0 bridgehead atoms. The van der Waals surface area contributed by atoms with E-state index in [2.05, 4.69) is 15.3 Å². The normalized spacial score (nSPS) is 17.7. The standard InChI is InChI=1S/C26H25F3N8/c1-15-11-31-37(12-15)21-7-4-17-3-6-20(32-23(17)16(21)2)25-34-33-22-8-5-18(13-36(22)25)24(26(27,28)29)35-10-9-19(30)14-35/h3-8,11-13,19,24H,9-10,14,30H2,1-2H3. The lowest BCUT2D eigenvalue weighted by Gasteiger charge is -2.30. The molecule has 2 N–H and O–H groups in total. The Kier molecular flexibility index (Phi) is 5.50. The first-order valence-electron chi connectivity index (χ1n) is 12.0. The van der Waals surface area contributed by atoms with E-state index in [1.54, 1.807) is 21.3 Å². The van der Waals surface area contributed by atoms with E-state index in [1.165, 1.54) is 17.2 Å². The summed E-state index contributed by atoms with van der Waals surface area (Å²) in [4.78, 5) is 6.25. The van der Waals surface area contributed by atoms with Crippen molar-refractivity contribution in [2.24, 2.45) is 5.73 Å². The van der Waals surface area contributed by atoms with Crippen LogP contribution in [0.3, 0.4) is 0 Å². The Labute approximate surface area is 210 Å². The van der Waals surface area contributed by atoms with E-state index in [1.807, 2.05) is 44.3 Å². The number of fused-ring (bicyclic) bond motifs is 2. The number of rotatable bonds is 4. The van der Waals surface area contributed by atoms with Gasteiger partial charge in [-0.3, -0.25) is 9.30 Å². The summed E-state index contributed by atoms with van der Waals surface area (Å²) < 4.78 is 46.0. The van der Waals surface area contributed by atoms with Gasteiger partial charge in [0.2, 0.25) is 0 Å². The second-order valence-electron chi connectivity index (χ2n) is 9.64. The van der Waals surface area contributed by atoms with Crippen LogP contribution >= 0.6 is 0 Å². The molecule has 5 heterocycles. The predicted molar refractivity (Wildman–Crippen MR) is 133 cm³/mol. The van der Waals surface area contributed by atoms with Gasteiger partial charge in [-0.05, 0) is 49.6 Å². The Morgan fingerprint density at radius 2 is 1.84 bits per heavy atom. The van der Waals surface area contributed by atoms with E-state index in [-0.39, 0.29) is 18.2 Å². The van der Waals surface area contributed by atoms with Crippen molar-refractivity contribution < 1.29 is 13.2 Å². The SMILES string of the molecule is Cc1cnn(-c2ccc3ccc(-c4nnc5ccc(C(N6CCC(N)C6)C(F)(F)F)cn45)nc3c2C)c1. The van der Waals surface area contributed by atoms with E-state index < -0.39 is 12.2 Å². The molecule has 2 unspecified atom stereocenters. The summed E-state index contributed by atoms with van der Waals surface area (Å²) in [5, 5.41) is 13.8. The number of nitrogens with two attached hydrogens (primary N) is 1. The summed E-state index contributed by atoms with van der Waals surface area (Å²) in [5.74, 6) is 0.373. The van der Waals surface area contributed by atoms with Crippen LogP contribution in [0, 0.1) is 13.8 Å². The molecule has 8 nitrogen and oxygen atoms in total. The van der Waals surface area contributed by atoms with Gasteiger partial charge in [0.25, 0.3) is 0 Å². The molecule has 0 amide bonds. The smallest absolute Gasteiger partial charge is 0.326 e. The minimum Gasteiger partial charge on any atom is -0.326 e. The second kappa shape index (κ2) is 8.63. The maximum absolute atomic E-state index is 14.2. The van der Waals surface area contributed by atoms with Crippen LogP contribution in [-0.4, -0.2) is 59.6 Å². The third-order valence-corrected chi connectivity index (χ3v) is 6.95. The van der Waals surface area contributed by atoms with Crippen LogP contribution in [0.5, 0.6) is 0 Å². The Morgan fingerprint density at radius 1 is 1.03 bits per heavy atom. The van der Waals surface area contributed by atoms with Gasteiger partial charge < -0.3 is 5.73 Å². The fraction of sp³-hybridized carbons (Fsp3) is 0.308. The van der Waals surface area contributed by atoms with Gasteiger partial charge in [-0.15, -0.1) is 10.2 Å². The molecule has 1 fully saturated rings. The highest BCUT2D eigenvalue weighted by Crippen LogP contribution is 2.39. The Hall–Kier alpha value is -3.83. The zero-order valence-corrected chi connectivity index (χ0v) is 20.3. The van der Waals surface area contributed by atoms with Gasteiger partial charge in [-0.1, -0.05) is 18.2 Å². The van der Waals surface area contributed by atoms with Crippen molar-refractivity contribution in [2.75, 3.05) is 13.1 Å². The minimum atomic E-state index is -4.45. The zero-order valence-electron chi connectivity index (χ0n) is 20.3. The van der Waals surface area contributed by atoms with Crippen LogP contribution in [0.4, 0.5) is 13.2 Å². The topological polar surface area (TPSA) is 90.2 Å². The third kappa shape index (κ3) is 4.13. The van der Waals surface area contributed by atoms with E-state index in [0.29, 0.717) is 30.1 Å². The number of hydrogen-bond donors (Lipinski definition) is 1. The molecular formula is C26H25F3N8. The Bertz CT molecular complexity index is 1620. The first-order valence-corrected chi connectivity index (χ1v) is 12.0. The first kappa shape index (κ1) is 23.6. The number of pyridine rings is 2. The molecule has 0 radical (unpaired) electrons. The van der Waals surface area contributed by atoms with Gasteiger partial charge in [0, 0.05) is 42.5 Å². The molecule has 2 atom stereocenters. The quantitative estimate of drug-likeness (QED) is 0.389. The van der Waals surface area contributed by atoms with Crippen molar-refractivity contribution in [1.82, 2.24) is 34.3 Å². The number of likely N-dealkylation sites (tertiary alicyclic amines) is 1. The third-order valence-electron chi connectivity index (χ3n) is 6.95. The lowest BCUT2D eigenvalue weighted by molar-refractivity contribution is -0.183. The summed E-state index contributed by atoms with van der Waals surface area (Å²) in [7, 11) is 0. The van der Waals surface area contributed by atoms with Gasteiger partial charge >= 0.3 is 6.18 Å². The van der Waals surface area contributed by atoms with Gasteiger partial charge in [-0.25, -0.2) is 9.67 Å². The van der Waals surface area contributed by atoms with Crippen molar-refractivity contribution in [3.8, 4) is 17.2 Å². The molecule has 1 aromatic carbocycles. The van der Waals surface area contributed by atoms with Gasteiger partial charge in [0.05, 0.1) is 17.4 Å². The van der Waals surface area contributed by atoms with Crippen molar-refractivity contribution in [3.63, 3.8) is 0 Å². The molecule has 190 valence electrons. The second-order valence-corrected chi connectivity index (χ2v) is 9.64. The lowest BCUT2D eigenvalue weighted by atomic mass is 10.1. The molecule has 1 saturated heterocycles. The molecular weight excluding hydrogens is 481 g/mol. The Balaban J connectivity index is 1.45. The maximum atomic E-state index is 14.2. The van der Waals surface area contributed by atoms with Gasteiger partial charge in [0.1, 0.15) is 11.7 Å². The van der Waals surface area contributed by atoms with E-state index in [9.17, 15) is 13.2 Å². The summed E-state index contributed by atoms with van der Waals surface area (Å²) in [6, 6.07) is 8.71. The average Bonchev–Trinajstić information content (AvgIpc) is 3.58. The largest absolute Gasteiger partial charge is 0.408 e. The summed E-state index contributed by atoms with van der Waals surface area (Å²) >= 11 is 0. The molecule has 11 heteroatoms. The average molecular weight is 507 g/mol. The van der Waals surface area contributed by atoms with Crippen LogP contribution < -0.4 is 5.73 Å². The molecule has 5 aromatic rings. The number of hydrogen-bond acceptors (Lipinski definition) is 6. The summed E-state index contributed by atoms with van der Waals surface area (Å²) in [6.07, 6.45) is 1.28. The minimum absolute atomic E-state index is 0.114. The van der Waals surface area contributed by atoms with Crippen LogP contribution in [0.1, 0.15) is 29.2 Å². The number of aryl methyl sites for hydroxylation is 2. The summed E-state index contributed by atoms with van der Waals surface area (Å²) in [5.41, 5.74) is 10.6. The molecule has 0 saturated carbocycles. The number of benzene rings is 1. The zero-order chi connectivity index (χ0) is 25.9. The summed E-state index contributed by atoms with van der Waals surface area (Å²) in [6.45, 7) is 4.44. The van der Waals surface area contributed by atoms with Gasteiger partial charge in [0.15, 0.2) is 11.5 Å². The molecule has 37 heavy (non-hydrogen) atoms. The number of nitrogens with zero attached hydrogens (tertiary/aromatic N) is 7. The fourth-order valence-electron chi connectivity index (χ4n) is 5.14. The van der Waals surface area contributed by atoms with E-state index >= 15 is 0 Å². The molecule has 4 aromatic heterocycles. The van der Waals surface area contributed by atoms with Crippen molar-refractivity contribution in [3.05, 3.63) is 71.7 Å². The van der Waals surface area contributed by atoms with E-state index in [0.717, 1.165) is 27.7 Å². The molecule has 0 spiro atoms. The molecule has 1 aliphatic rings. The highest BCUT2D eigenvalue weighted by molar-refractivity contribution is 5.86. The van der Waals surface area contributed by atoms with Crippen LogP contribution in [0.15, 0.2) is 55.0 Å². The van der Waals surface area contributed by atoms with Crippen LogP contribution in [-0.2, 0) is 0 Å². The number of aromatic nitrogens is 6. The maximum Gasteiger partial charge on any atom is 0.408 e. The predicted octanol–water partition coefficient (Wildman–Crippen LogP) is 4.38. The van der Waals surface area contributed by atoms with Gasteiger partial charge in [-0.2, -0.15) is 18.3 Å².